The maximum absolute atomic E-state index is 11.7. The third-order valence-corrected chi connectivity index (χ3v) is 3.05. The summed E-state index contributed by atoms with van der Waals surface area (Å²) in [6.07, 6.45) is 1.35. The van der Waals surface area contributed by atoms with Crippen LogP contribution < -0.4 is 4.74 Å². The zero-order valence-electron chi connectivity index (χ0n) is 12.3. The van der Waals surface area contributed by atoms with Crippen molar-refractivity contribution >= 4 is 5.97 Å². The molecule has 0 fully saturated rings. The number of methoxy groups -OCH3 is 1. The third-order valence-electron chi connectivity index (χ3n) is 3.05. The molecule has 3 heteroatoms. The summed E-state index contributed by atoms with van der Waals surface area (Å²) < 4.78 is 10.5. The topological polar surface area (TPSA) is 35.5 Å². The molecule has 0 radical (unpaired) electrons. The highest BCUT2D eigenvalue weighted by atomic mass is 16.5. The molecule has 3 nitrogen and oxygen atoms in total. The van der Waals surface area contributed by atoms with Gasteiger partial charge in [-0.15, -0.1) is 0 Å². The lowest BCUT2D eigenvalue weighted by Crippen LogP contribution is -2.13. The average Bonchev–Trinajstić information content (AvgIpc) is 2.37. The maximum Gasteiger partial charge on any atom is 0.306 e. The largest absolute Gasteiger partial charge is 0.496 e. The van der Waals surface area contributed by atoms with Gasteiger partial charge in [-0.3, -0.25) is 4.79 Å². The first-order valence-electron chi connectivity index (χ1n) is 6.87. The van der Waals surface area contributed by atoms with Gasteiger partial charge in [-0.1, -0.05) is 32.0 Å². The molecule has 1 atom stereocenters. The molecule has 0 heterocycles. The number of esters is 1. The zero-order chi connectivity index (χ0) is 14.3. The molecule has 0 aliphatic carbocycles. The van der Waals surface area contributed by atoms with Gasteiger partial charge in [-0.2, -0.15) is 0 Å². The van der Waals surface area contributed by atoms with Crippen LogP contribution in [0.25, 0.3) is 0 Å². The summed E-state index contributed by atoms with van der Waals surface area (Å²) >= 11 is 0. The van der Waals surface area contributed by atoms with Crippen molar-refractivity contribution < 1.29 is 14.3 Å². The van der Waals surface area contributed by atoms with Crippen molar-refractivity contribution in [3.05, 3.63) is 29.8 Å². The molecule has 0 spiro atoms. The Kier molecular flexibility index (Phi) is 6.40. The van der Waals surface area contributed by atoms with Crippen LogP contribution in [-0.2, 0) is 9.53 Å². The fourth-order valence-electron chi connectivity index (χ4n) is 2.31. The zero-order valence-corrected chi connectivity index (χ0v) is 12.3. The molecule has 106 valence electrons. The van der Waals surface area contributed by atoms with Crippen LogP contribution in [0.2, 0.25) is 0 Å². The summed E-state index contributed by atoms with van der Waals surface area (Å²) in [6, 6.07) is 7.90. The minimum Gasteiger partial charge on any atom is -0.496 e. The minimum atomic E-state index is -0.140. The Balaban J connectivity index is 2.92. The van der Waals surface area contributed by atoms with E-state index in [2.05, 4.69) is 13.8 Å². The van der Waals surface area contributed by atoms with Gasteiger partial charge in [-0.05, 0) is 36.8 Å². The first-order valence-corrected chi connectivity index (χ1v) is 6.87. The number of para-hydroxylation sites is 1. The second-order valence-corrected chi connectivity index (χ2v) is 5.08. The maximum atomic E-state index is 11.7. The molecular weight excluding hydrogens is 240 g/mol. The standard InChI is InChI=1S/C16H24O3/c1-5-19-16(17)11-13(10-12(2)3)14-8-6-7-9-15(14)18-4/h6-9,12-13H,5,10-11H2,1-4H3. The third kappa shape index (κ3) is 4.93. The van der Waals surface area contributed by atoms with E-state index in [1.165, 1.54) is 0 Å². The van der Waals surface area contributed by atoms with E-state index in [-0.39, 0.29) is 11.9 Å². The van der Waals surface area contributed by atoms with Crippen LogP contribution in [-0.4, -0.2) is 19.7 Å². The van der Waals surface area contributed by atoms with Crippen molar-refractivity contribution in [2.75, 3.05) is 13.7 Å². The molecule has 19 heavy (non-hydrogen) atoms. The molecule has 0 aliphatic heterocycles. The van der Waals surface area contributed by atoms with Gasteiger partial charge in [0, 0.05) is 0 Å². The van der Waals surface area contributed by atoms with Gasteiger partial charge < -0.3 is 9.47 Å². The van der Waals surface area contributed by atoms with Crippen LogP contribution in [0.3, 0.4) is 0 Å². The van der Waals surface area contributed by atoms with E-state index in [1.807, 2.05) is 31.2 Å². The molecular formula is C16H24O3. The van der Waals surface area contributed by atoms with Crippen LogP contribution >= 0.6 is 0 Å². The van der Waals surface area contributed by atoms with Gasteiger partial charge >= 0.3 is 5.97 Å². The van der Waals surface area contributed by atoms with E-state index >= 15 is 0 Å². The molecule has 0 amide bonds. The molecule has 0 saturated carbocycles. The van der Waals surface area contributed by atoms with Crippen LogP contribution in [0.4, 0.5) is 0 Å². The van der Waals surface area contributed by atoms with Crippen molar-refractivity contribution in [1.82, 2.24) is 0 Å². The number of ether oxygens (including phenoxy) is 2. The van der Waals surface area contributed by atoms with Gasteiger partial charge in [0.1, 0.15) is 5.75 Å². The van der Waals surface area contributed by atoms with Gasteiger partial charge in [0.05, 0.1) is 20.1 Å². The van der Waals surface area contributed by atoms with Crippen molar-refractivity contribution in [3.8, 4) is 5.75 Å². The van der Waals surface area contributed by atoms with E-state index in [9.17, 15) is 4.79 Å². The van der Waals surface area contributed by atoms with E-state index in [0.29, 0.717) is 18.9 Å². The lowest BCUT2D eigenvalue weighted by molar-refractivity contribution is -0.143. The van der Waals surface area contributed by atoms with Crippen molar-refractivity contribution in [2.45, 2.75) is 39.5 Å². The van der Waals surface area contributed by atoms with Gasteiger partial charge in [0.25, 0.3) is 0 Å². The Bertz CT molecular complexity index is 399. The molecule has 1 aromatic rings. The summed E-state index contributed by atoms with van der Waals surface area (Å²) in [7, 11) is 1.66. The molecule has 1 rings (SSSR count). The average molecular weight is 264 g/mol. The summed E-state index contributed by atoms with van der Waals surface area (Å²) in [4.78, 5) is 11.7. The molecule has 1 unspecified atom stereocenters. The Morgan fingerprint density at radius 3 is 2.53 bits per heavy atom. The Morgan fingerprint density at radius 1 is 1.26 bits per heavy atom. The van der Waals surface area contributed by atoms with E-state index in [0.717, 1.165) is 17.7 Å². The summed E-state index contributed by atoms with van der Waals surface area (Å²) in [5.74, 6) is 1.37. The van der Waals surface area contributed by atoms with E-state index in [4.69, 9.17) is 9.47 Å². The Morgan fingerprint density at radius 2 is 1.95 bits per heavy atom. The minimum absolute atomic E-state index is 0.140. The van der Waals surface area contributed by atoms with E-state index in [1.54, 1.807) is 7.11 Å². The number of rotatable bonds is 7. The summed E-state index contributed by atoms with van der Waals surface area (Å²) in [5, 5.41) is 0. The lowest BCUT2D eigenvalue weighted by Gasteiger charge is -2.20. The number of hydrogen-bond acceptors (Lipinski definition) is 3. The van der Waals surface area contributed by atoms with Crippen LogP contribution in [0.5, 0.6) is 5.75 Å². The first kappa shape index (κ1) is 15.5. The Labute approximate surface area is 115 Å². The molecule has 0 N–H and O–H groups in total. The fourth-order valence-corrected chi connectivity index (χ4v) is 2.31. The molecule has 0 aromatic heterocycles. The Hall–Kier alpha value is -1.51. The monoisotopic (exact) mass is 264 g/mol. The van der Waals surface area contributed by atoms with Crippen LogP contribution in [0.15, 0.2) is 24.3 Å². The predicted octanol–water partition coefficient (Wildman–Crippen LogP) is 3.78. The number of benzene rings is 1. The van der Waals surface area contributed by atoms with Crippen LogP contribution in [0, 0.1) is 5.92 Å². The normalized spacial score (nSPS) is 12.3. The predicted molar refractivity (Wildman–Crippen MR) is 76.4 cm³/mol. The second kappa shape index (κ2) is 7.82. The number of carbonyl (C=O) groups excluding carboxylic acids is 1. The van der Waals surface area contributed by atoms with Crippen molar-refractivity contribution in [3.63, 3.8) is 0 Å². The highest BCUT2D eigenvalue weighted by Crippen LogP contribution is 2.33. The molecule has 0 bridgehead atoms. The smallest absolute Gasteiger partial charge is 0.306 e. The SMILES string of the molecule is CCOC(=O)CC(CC(C)C)c1ccccc1OC. The summed E-state index contributed by atoms with van der Waals surface area (Å²) in [5.41, 5.74) is 1.09. The quantitative estimate of drug-likeness (QED) is 0.703. The van der Waals surface area contributed by atoms with Crippen LogP contribution in [0.1, 0.15) is 45.1 Å². The first-order chi connectivity index (χ1) is 9.08. The fraction of sp³-hybridized carbons (Fsp3) is 0.562. The molecule has 0 saturated heterocycles. The lowest BCUT2D eigenvalue weighted by atomic mass is 9.87. The molecule has 1 aromatic carbocycles. The highest BCUT2D eigenvalue weighted by molar-refractivity contribution is 5.70. The molecule has 0 aliphatic rings. The van der Waals surface area contributed by atoms with Gasteiger partial charge in [0.2, 0.25) is 0 Å². The summed E-state index contributed by atoms with van der Waals surface area (Å²) in [6.45, 7) is 6.58. The number of hydrogen-bond donors (Lipinski definition) is 0. The van der Waals surface area contributed by atoms with Gasteiger partial charge in [0.15, 0.2) is 0 Å². The van der Waals surface area contributed by atoms with E-state index < -0.39 is 0 Å². The van der Waals surface area contributed by atoms with Gasteiger partial charge in [-0.25, -0.2) is 0 Å². The highest BCUT2D eigenvalue weighted by Gasteiger charge is 2.21. The second-order valence-electron chi connectivity index (χ2n) is 5.08. The number of carbonyl (C=O) groups is 1. The van der Waals surface area contributed by atoms with Crippen molar-refractivity contribution in [1.29, 1.82) is 0 Å². The van der Waals surface area contributed by atoms with Crippen molar-refractivity contribution in [2.24, 2.45) is 5.92 Å².